The molecule has 0 N–H and O–H groups in total. The number of nitrogens with zero attached hydrogens (tertiary/aromatic N) is 2. The van der Waals surface area contributed by atoms with Crippen LogP contribution in [0.4, 0.5) is 4.39 Å². The highest BCUT2D eigenvalue weighted by atomic mass is 19.1. The van der Waals surface area contributed by atoms with E-state index in [2.05, 4.69) is 55.7 Å². The van der Waals surface area contributed by atoms with Crippen molar-refractivity contribution in [3.63, 3.8) is 0 Å². The molecule has 1 saturated heterocycles. The van der Waals surface area contributed by atoms with Gasteiger partial charge in [-0.05, 0) is 53.1 Å². The molecule has 0 bridgehead atoms. The Hall–Kier alpha value is -1.91. The molecule has 1 fully saturated rings. The van der Waals surface area contributed by atoms with Crippen LogP contribution >= 0.6 is 0 Å². The summed E-state index contributed by atoms with van der Waals surface area (Å²) in [4.78, 5) is 5.14. The van der Waals surface area contributed by atoms with Crippen molar-refractivity contribution in [1.82, 2.24) is 9.80 Å². The summed E-state index contributed by atoms with van der Waals surface area (Å²) in [5.74, 6) is 2.03. The average molecular weight is 413 g/mol. The third-order valence-electron chi connectivity index (χ3n) is 5.56. The smallest absolute Gasteiger partial charge is 0.123 e. The predicted octanol–water partition coefficient (Wildman–Crippen LogP) is 5.38. The van der Waals surface area contributed by atoms with Gasteiger partial charge in [0.15, 0.2) is 0 Å². The first-order valence-electron chi connectivity index (χ1n) is 11.3. The maximum atomic E-state index is 13.1. The molecule has 0 amide bonds. The van der Waals surface area contributed by atoms with Gasteiger partial charge in [0.1, 0.15) is 18.2 Å². The Kier molecular flexibility index (Phi) is 8.29. The van der Waals surface area contributed by atoms with Crippen molar-refractivity contribution in [1.29, 1.82) is 0 Å². The average Bonchev–Trinajstić information content (AvgIpc) is 2.69. The minimum absolute atomic E-state index is 0.214. The van der Waals surface area contributed by atoms with E-state index < -0.39 is 0 Å². The summed E-state index contributed by atoms with van der Waals surface area (Å²) in [5.41, 5.74) is 3.61. The summed E-state index contributed by atoms with van der Waals surface area (Å²) < 4.78 is 19.2. The van der Waals surface area contributed by atoms with Gasteiger partial charge in [-0.15, -0.1) is 0 Å². The fourth-order valence-corrected chi connectivity index (χ4v) is 4.12. The molecule has 0 saturated carbocycles. The Morgan fingerprint density at radius 1 is 0.833 bits per heavy atom. The van der Waals surface area contributed by atoms with Gasteiger partial charge in [-0.1, -0.05) is 52.0 Å². The standard InChI is InChI=1S/C26H37FN2O/c1-20(2)15-24-16-23(18-29-13-11-28(12-14-29)17-21(3)4)7-10-26(24)30-19-22-5-8-25(27)9-6-22/h5-10,16,20-21H,11-15,17-19H2,1-4H3. The Labute approximate surface area is 181 Å². The molecule has 0 aliphatic carbocycles. The van der Waals surface area contributed by atoms with Gasteiger partial charge in [0.25, 0.3) is 0 Å². The Bertz CT molecular complexity index is 780. The molecule has 1 aliphatic rings. The molecular formula is C26H37FN2O. The summed E-state index contributed by atoms with van der Waals surface area (Å²) in [6, 6.07) is 13.2. The molecular weight excluding hydrogens is 375 g/mol. The molecule has 0 radical (unpaired) electrons. The lowest BCUT2D eigenvalue weighted by atomic mass is 9.99. The zero-order valence-corrected chi connectivity index (χ0v) is 19.0. The summed E-state index contributed by atoms with van der Waals surface area (Å²) >= 11 is 0. The second-order valence-corrected chi connectivity index (χ2v) is 9.43. The Morgan fingerprint density at radius 2 is 1.47 bits per heavy atom. The SMILES string of the molecule is CC(C)Cc1cc(CN2CCN(CC(C)C)CC2)ccc1OCc1ccc(F)cc1. The topological polar surface area (TPSA) is 15.7 Å². The van der Waals surface area contributed by atoms with Crippen molar-refractivity contribution < 1.29 is 9.13 Å². The first-order valence-corrected chi connectivity index (χ1v) is 11.3. The van der Waals surface area contributed by atoms with Crippen molar-refractivity contribution in [2.45, 2.75) is 47.3 Å². The van der Waals surface area contributed by atoms with E-state index in [0.717, 1.165) is 56.4 Å². The third kappa shape index (κ3) is 7.10. The van der Waals surface area contributed by atoms with Crippen LogP contribution in [0.25, 0.3) is 0 Å². The summed E-state index contributed by atoms with van der Waals surface area (Å²) in [7, 11) is 0. The van der Waals surface area contributed by atoms with E-state index in [0.29, 0.717) is 12.5 Å². The maximum Gasteiger partial charge on any atom is 0.123 e. The molecule has 0 spiro atoms. The Morgan fingerprint density at radius 3 is 2.10 bits per heavy atom. The first kappa shape index (κ1) is 22.8. The highest BCUT2D eigenvalue weighted by Gasteiger charge is 2.18. The summed E-state index contributed by atoms with van der Waals surface area (Å²) in [5, 5.41) is 0. The zero-order valence-electron chi connectivity index (χ0n) is 19.0. The van der Waals surface area contributed by atoms with Crippen LogP contribution in [0, 0.1) is 17.7 Å². The third-order valence-corrected chi connectivity index (χ3v) is 5.56. The minimum Gasteiger partial charge on any atom is -0.489 e. The van der Waals surface area contributed by atoms with Crippen molar-refractivity contribution in [3.05, 3.63) is 65.0 Å². The normalized spacial score (nSPS) is 15.8. The molecule has 2 aromatic rings. The van der Waals surface area contributed by atoms with Gasteiger partial charge in [0, 0.05) is 39.3 Å². The molecule has 0 atom stereocenters. The van der Waals surface area contributed by atoms with Crippen LogP contribution in [0.2, 0.25) is 0 Å². The van der Waals surface area contributed by atoms with E-state index in [1.54, 1.807) is 12.1 Å². The highest BCUT2D eigenvalue weighted by Crippen LogP contribution is 2.25. The fraction of sp³-hybridized carbons (Fsp3) is 0.538. The lowest BCUT2D eigenvalue weighted by molar-refractivity contribution is 0.117. The van der Waals surface area contributed by atoms with E-state index in [9.17, 15) is 4.39 Å². The van der Waals surface area contributed by atoms with E-state index in [1.165, 1.54) is 29.8 Å². The van der Waals surface area contributed by atoms with Gasteiger partial charge in [0.2, 0.25) is 0 Å². The van der Waals surface area contributed by atoms with Crippen LogP contribution in [0.3, 0.4) is 0 Å². The molecule has 3 nitrogen and oxygen atoms in total. The van der Waals surface area contributed by atoms with Crippen molar-refractivity contribution in [2.75, 3.05) is 32.7 Å². The van der Waals surface area contributed by atoms with Crippen molar-refractivity contribution in [3.8, 4) is 5.75 Å². The maximum absolute atomic E-state index is 13.1. The summed E-state index contributed by atoms with van der Waals surface area (Å²) in [6.07, 6.45) is 0.995. The molecule has 0 unspecified atom stereocenters. The van der Waals surface area contributed by atoms with Crippen LogP contribution < -0.4 is 4.74 Å². The minimum atomic E-state index is -0.214. The molecule has 4 heteroatoms. The Balaban J connectivity index is 1.61. The molecule has 1 heterocycles. The van der Waals surface area contributed by atoms with Gasteiger partial charge >= 0.3 is 0 Å². The van der Waals surface area contributed by atoms with Gasteiger partial charge in [-0.25, -0.2) is 4.39 Å². The van der Waals surface area contributed by atoms with E-state index in [1.807, 2.05) is 0 Å². The number of rotatable bonds is 9. The number of hydrogen-bond acceptors (Lipinski definition) is 3. The van der Waals surface area contributed by atoms with Gasteiger partial charge in [-0.2, -0.15) is 0 Å². The van der Waals surface area contributed by atoms with Crippen LogP contribution in [0.1, 0.15) is 44.4 Å². The molecule has 0 aromatic heterocycles. The van der Waals surface area contributed by atoms with Crippen LogP contribution in [0.5, 0.6) is 5.75 Å². The lowest BCUT2D eigenvalue weighted by Crippen LogP contribution is -2.46. The zero-order chi connectivity index (χ0) is 21.5. The van der Waals surface area contributed by atoms with Gasteiger partial charge in [0.05, 0.1) is 0 Å². The number of benzene rings is 2. The van der Waals surface area contributed by atoms with E-state index in [4.69, 9.17) is 4.74 Å². The number of hydrogen-bond donors (Lipinski definition) is 0. The monoisotopic (exact) mass is 412 g/mol. The van der Waals surface area contributed by atoms with Gasteiger partial charge < -0.3 is 9.64 Å². The van der Waals surface area contributed by atoms with Crippen LogP contribution in [-0.2, 0) is 19.6 Å². The highest BCUT2D eigenvalue weighted by molar-refractivity contribution is 5.38. The quantitative estimate of drug-likeness (QED) is 0.550. The number of piperazine rings is 1. The lowest BCUT2D eigenvalue weighted by Gasteiger charge is -2.35. The number of ether oxygens (including phenoxy) is 1. The second-order valence-electron chi connectivity index (χ2n) is 9.43. The van der Waals surface area contributed by atoms with Crippen molar-refractivity contribution >= 4 is 0 Å². The van der Waals surface area contributed by atoms with Crippen molar-refractivity contribution in [2.24, 2.45) is 11.8 Å². The summed E-state index contributed by atoms with van der Waals surface area (Å²) in [6.45, 7) is 16.3. The van der Waals surface area contributed by atoms with E-state index >= 15 is 0 Å². The van der Waals surface area contributed by atoms with Gasteiger partial charge in [-0.3, -0.25) is 4.90 Å². The molecule has 2 aromatic carbocycles. The predicted molar refractivity (Wildman–Crippen MR) is 122 cm³/mol. The largest absolute Gasteiger partial charge is 0.489 e. The number of halogens is 1. The molecule has 3 rings (SSSR count). The van der Waals surface area contributed by atoms with E-state index in [-0.39, 0.29) is 5.82 Å². The fourth-order valence-electron chi connectivity index (χ4n) is 4.12. The second kappa shape index (κ2) is 10.9. The molecule has 1 aliphatic heterocycles. The van der Waals surface area contributed by atoms with Crippen LogP contribution in [-0.4, -0.2) is 42.5 Å². The molecule has 30 heavy (non-hydrogen) atoms. The van der Waals surface area contributed by atoms with Crippen LogP contribution in [0.15, 0.2) is 42.5 Å². The molecule has 164 valence electrons. The first-order chi connectivity index (χ1) is 14.4.